The number of rotatable bonds is 4. The quantitative estimate of drug-likeness (QED) is 0.542. The van der Waals surface area contributed by atoms with Crippen molar-refractivity contribution in [1.29, 1.82) is 0 Å². The first-order valence-corrected chi connectivity index (χ1v) is 3.41. The van der Waals surface area contributed by atoms with Crippen LogP contribution < -0.4 is 5.32 Å². The van der Waals surface area contributed by atoms with E-state index in [1.807, 2.05) is 18.5 Å². The van der Waals surface area contributed by atoms with E-state index in [1.165, 1.54) is 0 Å². The van der Waals surface area contributed by atoms with Gasteiger partial charge in [0.05, 0.1) is 5.69 Å². The van der Waals surface area contributed by atoms with E-state index in [9.17, 15) is 0 Å². The lowest BCUT2D eigenvalue weighted by Gasteiger charge is -1.99. The molecule has 0 spiro atoms. The Hall–Kier alpha value is -0.960. The molecule has 0 aliphatic heterocycles. The van der Waals surface area contributed by atoms with Gasteiger partial charge < -0.3 is 15.4 Å². The highest BCUT2D eigenvalue weighted by Gasteiger charge is 1.87. The molecule has 0 saturated carbocycles. The zero-order valence-corrected chi connectivity index (χ0v) is 5.80. The summed E-state index contributed by atoms with van der Waals surface area (Å²) in [6.45, 7) is 1.08. The molecule has 0 aromatic carbocycles. The van der Waals surface area contributed by atoms with Gasteiger partial charge in [-0.1, -0.05) is 0 Å². The van der Waals surface area contributed by atoms with E-state index in [0.717, 1.165) is 18.7 Å². The molecule has 0 saturated heterocycles. The number of anilines is 1. The molecule has 0 amide bonds. The second-order valence-electron chi connectivity index (χ2n) is 2.10. The highest BCUT2D eigenvalue weighted by molar-refractivity contribution is 5.39. The van der Waals surface area contributed by atoms with Gasteiger partial charge in [0.25, 0.3) is 0 Å². The largest absolute Gasteiger partial charge is 0.396 e. The van der Waals surface area contributed by atoms with Gasteiger partial charge in [0.1, 0.15) is 0 Å². The fourth-order valence-corrected chi connectivity index (χ4v) is 0.746. The van der Waals surface area contributed by atoms with Gasteiger partial charge in [0.2, 0.25) is 0 Å². The summed E-state index contributed by atoms with van der Waals surface area (Å²) in [7, 11) is 0. The third kappa shape index (κ3) is 2.11. The van der Waals surface area contributed by atoms with Crippen LogP contribution in [-0.2, 0) is 0 Å². The molecule has 3 N–H and O–H groups in total. The van der Waals surface area contributed by atoms with Gasteiger partial charge in [-0.05, 0) is 12.5 Å². The van der Waals surface area contributed by atoms with Crippen molar-refractivity contribution in [3.05, 3.63) is 18.5 Å². The molecule has 3 heteroatoms. The fraction of sp³-hybridized carbons (Fsp3) is 0.429. The molecule has 1 heterocycles. The summed E-state index contributed by atoms with van der Waals surface area (Å²) >= 11 is 0. The number of aromatic amines is 1. The topological polar surface area (TPSA) is 48.0 Å². The normalized spacial score (nSPS) is 9.70. The summed E-state index contributed by atoms with van der Waals surface area (Å²) < 4.78 is 0. The first-order chi connectivity index (χ1) is 4.93. The average Bonchev–Trinajstić information content (AvgIpc) is 2.41. The maximum absolute atomic E-state index is 8.45. The van der Waals surface area contributed by atoms with Crippen LogP contribution in [0.25, 0.3) is 0 Å². The molecule has 0 bridgehead atoms. The number of H-pyrrole nitrogens is 1. The predicted octanol–water partition coefficient (Wildman–Crippen LogP) is 0.809. The Morgan fingerprint density at radius 2 is 2.50 bits per heavy atom. The Kier molecular flexibility index (Phi) is 2.83. The van der Waals surface area contributed by atoms with Crippen molar-refractivity contribution in [2.45, 2.75) is 6.42 Å². The zero-order valence-electron chi connectivity index (χ0n) is 5.80. The molecular formula is C7H12N2O. The lowest BCUT2D eigenvalue weighted by atomic mass is 10.4. The summed E-state index contributed by atoms with van der Waals surface area (Å²) in [6, 6.07) is 1.96. The van der Waals surface area contributed by atoms with Crippen LogP contribution in [0.5, 0.6) is 0 Å². The fourth-order valence-electron chi connectivity index (χ4n) is 0.746. The van der Waals surface area contributed by atoms with Crippen LogP contribution in [0.1, 0.15) is 6.42 Å². The van der Waals surface area contributed by atoms with E-state index in [0.29, 0.717) is 0 Å². The third-order valence-electron chi connectivity index (χ3n) is 1.26. The molecule has 3 nitrogen and oxygen atoms in total. The van der Waals surface area contributed by atoms with Crippen LogP contribution >= 0.6 is 0 Å². The van der Waals surface area contributed by atoms with Crippen LogP contribution in [0.4, 0.5) is 5.69 Å². The van der Waals surface area contributed by atoms with E-state index >= 15 is 0 Å². The van der Waals surface area contributed by atoms with Crippen molar-refractivity contribution in [3.63, 3.8) is 0 Å². The molecule has 0 aliphatic carbocycles. The molecule has 1 rings (SSSR count). The monoisotopic (exact) mass is 140 g/mol. The summed E-state index contributed by atoms with van der Waals surface area (Å²) in [4.78, 5) is 2.93. The number of nitrogens with one attached hydrogen (secondary N) is 2. The number of aliphatic hydroxyl groups excluding tert-OH is 1. The Bertz CT molecular complexity index is 160. The second kappa shape index (κ2) is 3.95. The molecule has 56 valence electrons. The number of hydrogen-bond acceptors (Lipinski definition) is 2. The molecule has 0 atom stereocenters. The van der Waals surface area contributed by atoms with Gasteiger partial charge in [-0.3, -0.25) is 0 Å². The maximum Gasteiger partial charge on any atom is 0.0517 e. The van der Waals surface area contributed by atoms with E-state index in [4.69, 9.17) is 5.11 Å². The summed E-state index contributed by atoms with van der Waals surface area (Å²) in [6.07, 6.45) is 4.55. The van der Waals surface area contributed by atoms with Crippen molar-refractivity contribution >= 4 is 5.69 Å². The van der Waals surface area contributed by atoms with Crippen LogP contribution in [0.15, 0.2) is 18.5 Å². The Labute approximate surface area is 60.1 Å². The van der Waals surface area contributed by atoms with Crippen LogP contribution in [-0.4, -0.2) is 23.2 Å². The van der Waals surface area contributed by atoms with Crippen molar-refractivity contribution in [1.82, 2.24) is 4.98 Å². The minimum atomic E-state index is 0.247. The first-order valence-electron chi connectivity index (χ1n) is 3.41. The zero-order chi connectivity index (χ0) is 7.23. The molecule has 1 aromatic rings. The molecule has 0 unspecified atom stereocenters. The van der Waals surface area contributed by atoms with Crippen molar-refractivity contribution in [2.24, 2.45) is 0 Å². The molecule has 1 aromatic heterocycles. The minimum Gasteiger partial charge on any atom is -0.396 e. The standard InChI is InChI=1S/C7H12N2O/c10-5-1-3-9-7-2-4-8-6-7/h2,4,6,8-10H,1,3,5H2. The minimum absolute atomic E-state index is 0.247. The second-order valence-corrected chi connectivity index (χ2v) is 2.10. The van der Waals surface area contributed by atoms with E-state index in [2.05, 4.69) is 10.3 Å². The highest BCUT2D eigenvalue weighted by atomic mass is 16.3. The Balaban J connectivity index is 2.15. The van der Waals surface area contributed by atoms with Crippen molar-refractivity contribution in [3.8, 4) is 0 Å². The van der Waals surface area contributed by atoms with Gasteiger partial charge in [-0.2, -0.15) is 0 Å². The average molecular weight is 140 g/mol. The van der Waals surface area contributed by atoms with Gasteiger partial charge in [0, 0.05) is 25.5 Å². The summed E-state index contributed by atoms with van der Waals surface area (Å²) in [5.41, 5.74) is 1.08. The lowest BCUT2D eigenvalue weighted by Crippen LogP contribution is -2.01. The van der Waals surface area contributed by atoms with Gasteiger partial charge in [-0.25, -0.2) is 0 Å². The van der Waals surface area contributed by atoms with Crippen molar-refractivity contribution < 1.29 is 5.11 Å². The van der Waals surface area contributed by atoms with Gasteiger partial charge in [-0.15, -0.1) is 0 Å². The van der Waals surface area contributed by atoms with E-state index in [-0.39, 0.29) is 6.61 Å². The lowest BCUT2D eigenvalue weighted by molar-refractivity contribution is 0.292. The number of aromatic nitrogens is 1. The highest BCUT2D eigenvalue weighted by Crippen LogP contribution is 2.02. The molecular weight excluding hydrogens is 128 g/mol. The molecule has 0 radical (unpaired) electrons. The van der Waals surface area contributed by atoms with E-state index in [1.54, 1.807) is 0 Å². The number of hydrogen-bond donors (Lipinski definition) is 3. The van der Waals surface area contributed by atoms with E-state index < -0.39 is 0 Å². The maximum atomic E-state index is 8.45. The smallest absolute Gasteiger partial charge is 0.0517 e. The summed E-state index contributed by atoms with van der Waals surface area (Å²) in [5.74, 6) is 0. The summed E-state index contributed by atoms with van der Waals surface area (Å²) in [5, 5.41) is 11.6. The molecule has 0 fully saturated rings. The SMILES string of the molecule is OCCCNc1cc[nH]c1. The van der Waals surface area contributed by atoms with Crippen LogP contribution in [0, 0.1) is 0 Å². The Morgan fingerprint density at radius 1 is 1.60 bits per heavy atom. The van der Waals surface area contributed by atoms with Crippen LogP contribution in [0.2, 0.25) is 0 Å². The number of aliphatic hydroxyl groups is 1. The first kappa shape index (κ1) is 7.15. The molecule has 0 aliphatic rings. The van der Waals surface area contributed by atoms with Crippen LogP contribution in [0.3, 0.4) is 0 Å². The third-order valence-corrected chi connectivity index (χ3v) is 1.26. The predicted molar refractivity (Wildman–Crippen MR) is 41.0 cm³/mol. The van der Waals surface area contributed by atoms with Gasteiger partial charge in [0.15, 0.2) is 0 Å². The molecule has 10 heavy (non-hydrogen) atoms. The van der Waals surface area contributed by atoms with Crippen molar-refractivity contribution in [2.75, 3.05) is 18.5 Å². The Morgan fingerprint density at radius 3 is 3.10 bits per heavy atom. The van der Waals surface area contributed by atoms with Gasteiger partial charge >= 0.3 is 0 Å².